The Morgan fingerprint density at radius 1 is 1.28 bits per heavy atom. The molecule has 0 radical (unpaired) electrons. The van der Waals surface area contributed by atoms with Crippen molar-refractivity contribution in [3.63, 3.8) is 0 Å². The first-order chi connectivity index (χ1) is 8.72. The second-order valence-electron chi connectivity index (χ2n) is 4.32. The van der Waals surface area contributed by atoms with Crippen LogP contribution < -0.4 is 11.1 Å². The lowest BCUT2D eigenvalue weighted by Gasteiger charge is -2.04. The predicted molar refractivity (Wildman–Crippen MR) is 75.8 cm³/mol. The number of aryl methyl sites for hydroxylation is 1. The molecule has 0 unspecified atom stereocenters. The van der Waals surface area contributed by atoms with Gasteiger partial charge < -0.3 is 16.2 Å². The number of guanidine groups is 1. The summed E-state index contributed by atoms with van der Waals surface area (Å²) in [5.74, 6) is 0.843. The number of phenolic OH excluding ortho intramolecular Hbond substituents is 1. The molecule has 0 spiro atoms. The van der Waals surface area contributed by atoms with Gasteiger partial charge in [0.1, 0.15) is 5.75 Å². The van der Waals surface area contributed by atoms with Gasteiger partial charge in [-0.15, -0.1) is 0 Å². The van der Waals surface area contributed by atoms with Crippen molar-refractivity contribution in [2.24, 2.45) is 10.7 Å². The van der Waals surface area contributed by atoms with Crippen LogP contribution in [0.3, 0.4) is 0 Å². The van der Waals surface area contributed by atoms with Crippen LogP contribution >= 0.6 is 0 Å². The normalized spacial score (nSPS) is 11.5. The van der Waals surface area contributed by atoms with Crippen molar-refractivity contribution in [1.82, 2.24) is 5.32 Å². The molecule has 4 N–H and O–H groups in total. The molecule has 0 bridgehead atoms. The van der Waals surface area contributed by atoms with Crippen LogP contribution in [0.4, 0.5) is 0 Å². The molecule has 4 nitrogen and oxygen atoms in total. The highest BCUT2D eigenvalue weighted by molar-refractivity contribution is 5.77. The van der Waals surface area contributed by atoms with Gasteiger partial charge in [0.15, 0.2) is 5.96 Å². The number of unbranched alkanes of at least 4 members (excludes halogenated alkanes) is 1. The van der Waals surface area contributed by atoms with E-state index in [4.69, 9.17) is 10.8 Å². The number of benzene rings is 1. The zero-order valence-corrected chi connectivity index (χ0v) is 11.0. The van der Waals surface area contributed by atoms with Gasteiger partial charge in [-0.3, -0.25) is 4.99 Å². The first-order valence-corrected chi connectivity index (χ1v) is 6.54. The molecule has 1 rings (SSSR count). The van der Waals surface area contributed by atoms with Crippen LogP contribution in [0.15, 0.2) is 29.3 Å². The van der Waals surface area contributed by atoms with E-state index in [1.54, 1.807) is 12.1 Å². The van der Waals surface area contributed by atoms with Crippen LogP contribution in [0.25, 0.3) is 0 Å². The van der Waals surface area contributed by atoms with Gasteiger partial charge in [0.2, 0.25) is 0 Å². The van der Waals surface area contributed by atoms with Crippen LogP contribution in [0.5, 0.6) is 5.75 Å². The van der Waals surface area contributed by atoms with Gasteiger partial charge in [0.05, 0.1) is 0 Å². The quantitative estimate of drug-likeness (QED) is 0.393. The van der Waals surface area contributed by atoms with Crippen molar-refractivity contribution in [2.45, 2.75) is 32.6 Å². The van der Waals surface area contributed by atoms with Crippen LogP contribution in [-0.4, -0.2) is 24.2 Å². The highest BCUT2D eigenvalue weighted by Gasteiger charge is 1.94. The summed E-state index contributed by atoms with van der Waals surface area (Å²) in [5.41, 5.74) is 6.93. The summed E-state index contributed by atoms with van der Waals surface area (Å²) in [7, 11) is 0. The van der Waals surface area contributed by atoms with E-state index in [9.17, 15) is 0 Å². The van der Waals surface area contributed by atoms with Crippen LogP contribution in [0, 0.1) is 0 Å². The Labute approximate surface area is 109 Å². The minimum Gasteiger partial charge on any atom is -0.508 e. The lowest BCUT2D eigenvalue weighted by atomic mass is 10.1. The lowest BCUT2D eigenvalue weighted by molar-refractivity contribution is 0.475. The van der Waals surface area contributed by atoms with Crippen molar-refractivity contribution in [2.75, 3.05) is 13.1 Å². The topological polar surface area (TPSA) is 70.6 Å². The van der Waals surface area contributed by atoms with E-state index in [-0.39, 0.29) is 0 Å². The zero-order chi connectivity index (χ0) is 13.2. The zero-order valence-electron chi connectivity index (χ0n) is 11.0. The predicted octanol–water partition coefficient (Wildman–Crippen LogP) is 2.03. The number of nitrogens with zero attached hydrogens (tertiary/aromatic N) is 1. The fourth-order valence-corrected chi connectivity index (χ4v) is 1.59. The molecule has 100 valence electrons. The van der Waals surface area contributed by atoms with E-state index < -0.39 is 0 Å². The van der Waals surface area contributed by atoms with Gasteiger partial charge in [0.25, 0.3) is 0 Å². The minimum atomic E-state index is 0.307. The van der Waals surface area contributed by atoms with Gasteiger partial charge in [-0.2, -0.15) is 0 Å². The third kappa shape index (κ3) is 6.13. The Morgan fingerprint density at radius 3 is 2.67 bits per heavy atom. The maximum absolute atomic E-state index is 9.16. The average molecular weight is 249 g/mol. The summed E-state index contributed by atoms with van der Waals surface area (Å²) in [6, 6.07) is 7.28. The Balaban J connectivity index is 2.17. The largest absolute Gasteiger partial charge is 0.508 e. The van der Waals surface area contributed by atoms with Crippen LogP contribution in [0.1, 0.15) is 31.7 Å². The second-order valence-corrected chi connectivity index (χ2v) is 4.32. The lowest BCUT2D eigenvalue weighted by Crippen LogP contribution is -2.32. The average Bonchev–Trinajstić information content (AvgIpc) is 2.37. The van der Waals surface area contributed by atoms with Crippen molar-refractivity contribution in [3.8, 4) is 5.75 Å². The highest BCUT2D eigenvalue weighted by atomic mass is 16.3. The number of hydrogen-bond acceptors (Lipinski definition) is 2. The Kier molecular flexibility index (Phi) is 6.69. The van der Waals surface area contributed by atoms with Gasteiger partial charge in [-0.25, -0.2) is 0 Å². The monoisotopic (exact) mass is 249 g/mol. The van der Waals surface area contributed by atoms with E-state index in [1.807, 2.05) is 12.1 Å². The molecule has 0 aliphatic rings. The molecule has 0 aromatic heterocycles. The van der Waals surface area contributed by atoms with E-state index in [1.165, 1.54) is 5.56 Å². The molecule has 0 saturated heterocycles. The standard InChI is InChI=1S/C14H23N3O/c1-2-3-10-16-14(15)17-11-4-5-12-6-8-13(18)9-7-12/h6-9,18H,2-5,10-11H2,1H3,(H3,15,16,17). The fourth-order valence-electron chi connectivity index (χ4n) is 1.59. The molecule has 0 amide bonds. The summed E-state index contributed by atoms with van der Waals surface area (Å²) in [6.45, 7) is 3.77. The van der Waals surface area contributed by atoms with Crippen molar-refractivity contribution >= 4 is 5.96 Å². The van der Waals surface area contributed by atoms with Gasteiger partial charge in [0, 0.05) is 13.1 Å². The SMILES string of the molecule is CCCCNC(N)=NCCCc1ccc(O)cc1. The molecular formula is C14H23N3O. The summed E-state index contributed by atoms with van der Waals surface area (Å²) in [4.78, 5) is 4.26. The highest BCUT2D eigenvalue weighted by Crippen LogP contribution is 2.10. The third-order valence-electron chi connectivity index (χ3n) is 2.68. The third-order valence-corrected chi connectivity index (χ3v) is 2.68. The number of rotatable bonds is 7. The van der Waals surface area contributed by atoms with Gasteiger partial charge in [-0.05, 0) is 37.0 Å². The molecule has 0 heterocycles. The molecule has 0 atom stereocenters. The molecule has 18 heavy (non-hydrogen) atoms. The van der Waals surface area contributed by atoms with Gasteiger partial charge >= 0.3 is 0 Å². The molecule has 4 heteroatoms. The maximum Gasteiger partial charge on any atom is 0.188 e. The first kappa shape index (κ1) is 14.4. The van der Waals surface area contributed by atoms with Crippen LogP contribution in [0.2, 0.25) is 0 Å². The van der Waals surface area contributed by atoms with Crippen molar-refractivity contribution < 1.29 is 5.11 Å². The molecule has 0 aliphatic heterocycles. The molecule has 0 fully saturated rings. The van der Waals surface area contributed by atoms with Crippen LogP contribution in [-0.2, 0) is 6.42 Å². The molecule has 1 aromatic rings. The molecular weight excluding hydrogens is 226 g/mol. The Morgan fingerprint density at radius 2 is 2.00 bits per heavy atom. The Bertz CT molecular complexity index is 360. The molecule has 0 aliphatic carbocycles. The molecule has 0 saturated carbocycles. The summed E-state index contributed by atoms with van der Waals surface area (Å²) >= 11 is 0. The number of nitrogens with one attached hydrogen (secondary N) is 1. The second kappa shape index (κ2) is 8.39. The van der Waals surface area contributed by atoms with E-state index in [0.29, 0.717) is 11.7 Å². The van der Waals surface area contributed by atoms with E-state index >= 15 is 0 Å². The first-order valence-electron chi connectivity index (χ1n) is 6.54. The molecule has 1 aromatic carbocycles. The van der Waals surface area contributed by atoms with Gasteiger partial charge in [-0.1, -0.05) is 25.5 Å². The van der Waals surface area contributed by atoms with E-state index in [2.05, 4.69) is 17.2 Å². The minimum absolute atomic E-state index is 0.307. The van der Waals surface area contributed by atoms with Crippen molar-refractivity contribution in [1.29, 1.82) is 0 Å². The fraction of sp³-hybridized carbons (Fsp3) is 0.500. The maximum atomic E-state index is 9.16. The summed E-state index contributed by atoms with van der Waals surface area (Å²) in [6.07, 6.45) is 4.18. The number of nitrogens with two attached hydrogens (primary N) is 1. The Hall–Kier alpha value is -1.71. The number of hydrogen-bond donors (Lipinski definition) is 3. The summed E-state index contributed by atoms with van der Waals surface area (Å²) < 4.78 is 0. The number of aliphatic imine (C=N–C) groups is 1. The summed E-state index contributed by atoms with van der Waals surface area (Å²) in [5, 5.41) is 12.2. The number of phenols is 1. The smallest absolute Gasteiger partial charge is 0.188 e. The number of aromatic hydroxyl groups is 1. The van der Waals surface area contributed by atoms with E-state index in [0.717, 1.165) is 38.8 Å². The van der Waals surface area contributed by atoms with Crippen molar-refractivity contribution in [3.05, 3.63) is 29.8 Å².